The lowest BCUT2D eigenvalue weighted by molar-refractivity contribution is -0.0667. The normalized spacial score (nSPS) is 40.0. The summed E-state index contributed by atoms with van der Waals surface area (Å²) >= 11 is 0. The Bertz CT molecular complexity index is 475. The second-order valence-corrected chi connectivity index (χ2v) is 7.68. The van der Waals surface area contributed by atoms with Crippen molar-refractivity contribution in [1.29, 1.82) is 0 Å². The summed E-state index contributed by atoms with van der Waals surface area (Å²) in [5.41, 5.74) is 14.2. The van der Waals surface area contributed by atoms with Gasteiger partial charge < -0.3 is 11.5 Å². The maximum atomic E-state index is 6.69. The van der Waals surface area contributed by atoms with Crippen LogP contribution in [-0.2, 0) is 6.42 Å². The molecule has 5 rings (SSSR count). The molecule has 0 aromatic carbocycles. The Hall–Kier alpha value is -1.09. The molecule has 1 unspecified atom stereocenters. The van der Waals surface area contributed by atoms with E-state index in [4.69, 9.17) is 11.5 Å². The molecule has 1 atom stereocenters. The van der Waals surface area contributed by atoms with Gasteiger partial charge in [0, 0.05) is 12.2 Å². The molecule has 4 bridgehead atoms. The van der Waals surface area contributed by atoms with Gasteiger partial charge in [0.25, 0.3) is 0 Å². The van der Waals surface area contributed by atoms with E-state index in [1.54, 1.807) is 6.20 Å². The fourth-order valence-corrected chi connectivity index (χ4v) is 5.72. The Morgan fingerprint density at radius 1 is 1.15 bits per heavy atom. The molecule has 108 valence electrons. The summed E-state index contributed by atoms with van der Waals surface area (Å²) in [6.07, 6.45) is 11.3. The average Bonchev–Trinajstić information content (AvgIpc) is 2.37. The van der Waals surface area contributed by atoms with Gasteiger partial charge in [-0.2, -0.15) is 0 Å². The topological polar surface area (TPSA) is 64.9 Å². The third-order valence-corrected chi connectivity index (χ3v) is 6.17. The van der Waals surface area contributed by atoms with Crippen molar-refractivity contribution in [1.82, 2.24) is 4.98 Å². The molecule has 1 aromatic heterocycles. The zero-order valence-electron chi connectivity index (χ0n) is 12.1. The first kappa shape index (κ1) is 12.6. The van der Waals surface area contributed by atoms with Crippen LogP contribution in [0.25, 0.3) is 0 Å². The van der Waals surface area contributed by atoms with Crippen molar-refractivity contribution in [2.24, 2.45) is 28.9 Å². The first-order valence-electron chi connectivity index (χ1n) is 8.09. The molecule has 4 saturated carbocycles. The predicted molar refractivity (Wildman–Crippen MR) is 80.9 cm³/mol. The number of aromatic nitrogens is 1. The van der Waals surface area contributed by atoms with Gasteiger partial charge in [-0.1, -0.05) is 0 Å². The van der Waals surface area contributed by atoms with E-state index in [1.165, 1.54) is 44.1 Å². The molecule has 1 heterocycles. The highest BCUT2D eigenvalue weighted by Gasteiger charge is 2.53. The van der Waals surface area contributed by atoms with Gasteiger partial charge in [0.1, 0.15) is 5.82 Å². The van der Waals surface area contributed by atoms with Crippen LogP contribution in [0.15, 0.2) is 18.3 Å². The Kier molecular flexibility index (Phi) is 2.81. The smallest absolute Gasteiger partial charge is 0.123 e. The maximum absolute atomic E-state index is 6.69. The molecule has 3 nitrogen and oxygen atoms in total. The van der Waals surface area contributed by atoms with Crippen molar-refractivity contribution < 1.29 is 0 Å². The molecular weight excluding hydrogens is 246 g/mol. The number of pyridine rings is 1. The number of anilines is 1. The van der Waals surface area contributed by atoms with Crippen LogP contribution in [0.2, 0.25) is 0 Å². The van der Waals surface area contributed by atoms with Crippen molar-refractivity contribution in [2.45, 2.75) is 51.0 Å². The third kappa shape index (κ3) is 2.03. The van der Waals surface area contributed by atoms with Crippen molar-refractivity contribution in [2.75, 3.05) is 5.73 Å². The number of nitrogen functional groups attached to an aromatic ring is 1. The van der Waals surface area contributed by atoms with Gasteiger partial charge in [0.15, 0.2) is 0 Å². The molecule has 4 fully saturated rings. The third-order valence-electron chi connectivity index (χ3n) is 6.17. The standard InChI is InChI=1S/C17H25N3/c18-15(6-11-1-2-20-16(19)7-11)17-8-12-3-13(9-17)5-14(4-12)10-17/h1-2,7,12-15H,3-6,8-10,18H2,(H2,19,20). The molecule has 3 heteroatoms. The molecule has 4 N–H and O–H groups in total. The lowest BCUT2D eigenvalue weighted by atomic mass is 9.47. The monoisotopic (exact) mass is 271 g/mol. The van der Waals surface area contributed by atoms with Gasteiger partial charge in [-0.25, -0.2) is 4.98 Å². The van der Waals surface area contributed by atoms with E-state index in [2.05, 4.69) is 11.1 Å². The van der Waals surface area contributed by atoms with E-state index in [9.17, 15) is 0 Å². The SMILES string of the molecule is Nc1cc(CC(N)C23CC4CC(CC(C4)C2)C3)ccn1. The summed E-state index contributed by atoms with van der Waals surface area (Å²) < 4.78 is 0. The summed E-state index contributed by atoms with van der Waals surface area (Å²) in [6, 6.07) is 4.34. The number of hydrogen-bond donors (Lipinski definition) is 2. The predicted octanol–water partition coefficient (Wildman–Crippen LogP) is 2.75. The van der Waals surface area contributed by atoms with E-state index < -0.39 is 0 Å². The fraction of sp³-hybridized carbons (Fsp3) is 0.706. The van der Waals surface area contributed by atoms with E-state index in [-0.39, 0.29) is 6.04 Å². The van der Waals surface area contributed by atoms with Crippen LogP contribution in [0.5, 0.6) is 0 Å². The van der Waals surface area contributed by atoms with Crippen molar-refractivity contribution in [3.63, 3.8) is 0 Å². The Balaban J connectivity index is 1.54. The second kappa shape index (κ2) is 4.45. The van der Waals surface area contributed by atoms with Gasteiger partial charge >= 0.3 is 0 Å². The van der Waals surface area contributed by atoms with Gasteiger partial charge in [-0.05, 0) is 85.8 Å². The molecule has 0 saturated heterocycles. The lowest BCUT2D eigenvalue weighted by Gasteiger charge is -2.59. The quantitative estimate of drug-likeness (QED) is 0.888. The van der Waals surface area contributed by atoms with Crippen LogP contribution in [0.1, 0.15) is 44.1 Å². The van der Waals surface area contributed by atoms with Crippen LogP contribution in [-0.4, -0.2) is 11.0 Å². The Morgan fingerprint density at radius 3 is 2.30 bits per heavy atom. The first-order valence-corrected chi connectivity index (χ1v) is 8.09. The fourth-order valence-electron chi connectivity index (χ4n) is 5.72. The lowest BCUT2D eigenvalue weighted by Crippen LogP contribution is -2.55. The molecule has 0 amide bonds. The van der Waals surface area contributed by atoms with Crippen LogP contribution >= 0.6 is 0 Å². The zero-order chi connectivity index (χ0) is 13.7. The van der Waals surface area contributed by atoms with Crippen molar-refractivity contribution >= 4 is 5.82 Å². The highest BCUT2D eigenvalue weighted by Crippen LogP contribution is 2.61. The minimum absolute atomic E-state index is 0.290. The summed E-state index contributed by atoms with van der Waals surface area (Å²) in [7, 11) is 0. The van der Waals surface area contributed by atoms with E-state index >= 15 is 0 Å². The molecule has 1 aromatic rings. The van der Waals surface area contributed by atoms with Gasteiger partial charge in [-0.15, -0.1) is 0 Å². The van der Waals surface area contributed by atoms with Gasteiger partial charge in [0.2, 0.25) is 0 Å². The van der Waals surface area contributed by atoms with Crippen molar-refractivity contribution in [3.05, 3.63) is 23.9 Å². The minimum Gasteiger partial charge on any atom is -0.384 e. The summed E-state index contributed by atoms with van der Waals surface area (Å²) in [6.45, 7) is 0. The molecule has 4 aliphatic rings. The first-order chi connectivity index (χ1) is 9.63. The average molecular weight is 271 g/mol. The molecule has 0 spiro atoms. The van der Waals surface area contributed by atoms with Crippen LogP contribution in [0, 0.1) is 23.2 Å². The summed E-state index contributed by atoms with van der Waals surface area (Å²) in [4.78, 5) is 4.08. The molecule has 0 radical (unpaired) electrons. The number of rotatable bonds is 3. The number of nitrogens with zero attached hydrogens (tertiary/aromatic N) is 1. The molecule has 0 aliphatic heterocycles. The van der Waals surface area contributed by atoms with Crippen LogP contribution in [0.3, 0.4) is 0 Å². The van der Waals surface area contributed by atoms with Gasteiger partial charge in [0.05, 0.1) is 0 Å². The highest BCUT2D eigenvalue weighted by atomic mass is 14.8. The van der Waals surface area contributed by atoms with Crippen LogP contribution in [0.4, 0.5) is 5.82 Å². The summed E-state index contributed by atoms with van der Waals surface area (Å²) in [5.74, 6) is 3.51. The Labute approximate surface area is 121 Å². The molecule has 20 heavy (non-hydrogen) atoms. The van der Waals surface area contributed by atoms with Crippen molar-refractivity contribution in [3.8, 4) is 0 Å². The van der Waals surface area contributed by atoms with Crippen LogP contribution < -0.4 is 11.5 Å². The van der Waals surface area contributed by atoms with E-state index in [0.29, 0.717) is 11.2 Å². The largest absolute Gasteiger partial charge is 0.384 e. The zero-order valence-corrected chi connectivity index (χ0v) is 12.1. The van der Waals surface area contributed by atoms with Gasteiger partial charge in [-0.3, -0.25) is 0 Å². The maximum Gasteiger partial charge on any atom is 0.123 e. The number of nitrogens with two attached hydrogens (primary N) is 2. The minimum atomic E-state index is 0.290. The van der Waals surface area contributed by atoms with E-state index in [0.717, 1.165) is 24.2 Å². The van der Waals surface area contributed by atoms with E-state index in [1.807, 2.05) is 6.07 Å². The second-order valence-electron chi connectivity index (χ2n) is 7.68. The molecule has 4 aliphatic carbocycles. The Morgan fingerprint density at radius 2 is 1.75 bits per heavy atom. The number of hydrogen-bond acceptors (Lipinski definition) is 3. The molecular formula is C17H25N3. The highest BCUT2D eigenvalue weighted by molar-refractivity contribution is 5.32. The summed E-state index contributed by atoms with van der Waals surface area (Å²) in [5, 5.41) is 0.